The zero-order valence-electron chi connectivity index (χ0n) is 12.2. The van der Waals surface area contributed by atoms with Gasteiger partial charge in [0, 0.05) is 0 Å². The number of rotatable bonds is 12. The van der Waals surface area contributed by atoms with Crippen molar-refractivity contribution in [2.45, 2.75) is 46.0 Å². The van der Waals surface area contributed by atoms with Gasteiger partial charge in [0.25, 0.3) is 0 Å². The van der Waals surface area contributed by atoms with Crippen LogP contribution in [0.2, 0.25) is 0 Å². The Morgan fingerprint density at radius 1 is 1.12 bits per heavy atom. The molecule has 0 aromatic rings. The Morgan fingerprint density at radius 3 is 2.47 bits per heavy atom. The van der Waals surface area contributed by atoms with Crippen LogP contribution in [-0.2, 0) is 0 Å². The summed E-state index contributed by atoms with van der Waals surface area (Å²) >= 11 is 0. The van der Waals surface area contributed by atoms with Crippen molar-refractivity contribution in [3.8, 4) is 0 Å². The Labute approximate surface area is 108 Å². The van der Waals surface area contributed by atoms with Crippen molar-refractivity contribution in [3.05, 3.63) is 12.7 Å². The van der Waals surface area contributed by atoms with Gasteiger partial charge in [0.05, 0.1) is 0 Å². The lowest BCUT2D eigenvalue weighted by Gasteiger charge is -2.15. The predicted octanol–water partition coefficient (Wildman–Crippen LogP) is 3.30. The molecule has 0 aromatic carbocycles. The van der Waals surface area contributed by atoms with Crippen LogP contribution in [0.1, 0.15) is 46.0 Å². The van der Waals surface area contributed by atoms with E-state index >= 15 is 0 Å². The maximum absolute atomic E-state index is 3.75. The minimum Gasteiger partial charge on any atom is -0.316 e. The van der Waals surface area contributed by atoms with E-state index in [1.165, 1.54) is 45.3 Å². The summed E-state index contributed by atoms with van der Waals surface area (Å²) in [6.07, 6.45) is 8.38. The van der Waals surface area contributed by atoms with Crippen LogP contribution in [-0.4, -0.2) is 38.1 Å². The molecule has 0 heterocycles. The average molecular weight is 240 g/mol. The van der Waals surface area contributed by atoms with E-state index in [-0.39, 0.29) is 0 Å². The molecule has 0 saturated carbocycles. The highest BCUT2D eigenvalue weighted by Gasteiger charge is 1.97. The van der Waals surface area contributed by atoms with Crippen LogP contribution in [0, 0.1) is 5.92 Å². The van der Waals surface area contributed by atoms with E-state index in [4.69, 9.17) is 0 Å². The molecule has 0 bridgehead atoms. The molecule has 0 amide bonds. The topological polar surface area (TPSA) is 15.3 Å². The van der Waals surface area contributed by atoms with E-state index in [0.29, 0.717) is 0 Å². The predicted molar refractivity (Wildman–Crippen MR) is 78.5 cm³/mol. The van der Waals surface area contributed by atoms with Crippen molar-refractivity contribution in [1.29, 1.82) is 0 Å². The van der Waals surface area contributed by atoms with Gasteiger partial charge in [-0.3, -0.25) is 0 Å². The molecule has 0 unspecified atom stereocenters. The molecule has 0 aromatic heterocycles. The van der Waals surface area contributed by atoms with Crippen LogP contribution in [0.15, 0.2) is 12.7 Å². The minimum absolute atomic E-state index is 0.769. The molecular formula is C15H32N2. The van der Waals surface area contributed by atoms with E-state index in [9.17, 15) is 0 Å². The smallest absolute Gasteiger partial charge is 0.00188 e. The van der Waals surface area contributed by atoms with Crippen molar-refractivity contribution in [2.24, 2.45) is 5.92 Å². The first-order valence-electron chi connectivity index (χ1n) is 7.17. The fourth-order valence-electron chi connectivity index (χ4n) is 1.82. The zero-order chi connectivity index (χ0) is 12.9. The molecule has 17 heavy (non-hydrogen) atoms. The van der Waals surface area contributed by atoms with E-state index < -0.39 is 0 Å². The van der Waals surface area contributed by atoms with Crippen molar-refractivity contribution in [3.63, 3.8) is 0 Å². The lowest BCUT2D eigenvalue weighted by molar-refractivity contribution is 0.320. The zero-order valence-corrected chi connectivity index (χ0v) is 12.2. The van der Waals surface area contributed by atoms with Gasteiger partial charge in [0.1, 0.15) is 0 Å². The first kappa shape index (κ1) is 16.7. The Bertz CT molecular complexity index is 166. The molecule has 0 radical (unpaired) electrons. The maximum atomic E-state index is 3.75. The lowest BCUT2D eigenvalue weighted by atomic mass is 10.2. The first-order valence-corrected chi connectivity index (χ1v) is 7.17. The Hall–Kier alpha value is -0.340. The van der Waals surface area contributed by atoms with Crippen molar-refractivity contribution < 1.29 is 0 Å². The standard InChI is InChI=1S/C15H32N2/c1-5-6-9-12-17(4)13-10-7-8-11-16-14-15(2)3/h5,15-16H,1,6-14H2,2-4H3. The molecule has 0 aliphatic rings. The van der Waals surface area contributed by atoms with Gasteiger partial charge in [0.2, 0.25) is 0 Å². The summed E-state index contributed by atoms with van der Waals surface area (Å²) < 4.78 is 0. The summed E-state index contributed by atoms with van der Waals surface area (Å²) in [7, 11) is 2.22. The summed E-state index contributed by atoms with van der Waals surface area (Å²) in [4.78, 5) is 2.44. The number of allylic oxidation sites excluding steroid dienone is 1. The Kier molecular flexibility index (Phi) is 11.9. The lowest BCUT2D eigenvalue weighted by Crippen LogP contribution is -2.22. The van der Waals surface area contributed by atoms with Crippen LogP contribution in [0.25, 0.3) is 0 Å². The van der Waals surface area contributed by atoms with Gasteiger partial charge in [-0.05, 0) is 64.8 Å². The highest BCUT2D eigenvalue weighted by molar-refractivity contribution is 4.66. The second kappa shape index (κ2) is 12.1. The van der Waals surface area contributed by atoms with Crippen molar-refractivity contribution in [1.82, 2.24) is 10.2 Å². The molecule has 0 spiro atoms. The summed E-state index contributed by atoms with van der Waals surface area (Å²) in [6, 6.07) is 0. The fraction of sp³-hybridized carbons (Fsp3) is 0.867. The third-order valence-electron chi connectivity index (χ3n) is 2.89. The van der Waals surface area contributed by atoms with Gasteiger partial charge < -0.3 is 10.2 Å². The van der Waals surface area contributed by atoms with Gasteiger partial charge >= 0.3 is 0 Å². The summed E-state index contributed by atoms with van der Waals surface area (Å²) in [5.74, 6) is 0.769. The third-order valence-corrected chi connectivity index (χ3v) is 2.89. The number of hydrogen-bond acceptors (Lipinski definition) is 2. The highest BCUT2D eigenvalue weighted by Crippen LogP contribution is 1.99. The van der Waals surface area contributed by atoms with Gasteiger partial charge in [-0.2, -0.15) is 0 Å². The molecule has 0 saturated heterocycles. The third kappa shape index (κ3) is 13.6. The molecule has 2 heteroatoms. The van der Waals surface area contributed by atoms with Crippen molar-refractivity contribution >= 4 is 0 Å². The molecular weight excluding hydrogens is 208 g/mol. The number of nitrogens with zero attached hydrogens (tertiary/aromatic N) is 1. The van der Waals surface area contributed by atoms with Crippen LogP contribution in [0.4, 0.5) is 0 Å². The summed E-state index contributed by atoms with van der Waals surface area (Å²) in [5.41, 5.74) is 0. The second-order valence-electron chi connectivity index (χ2n) is 5.39. The Balaban J connectivity index is 3.13. The maximum Gasteiger partial charge on any atom is -0.00188 e. The Morgan fingerprint density at radius 2 is 1.82 bits per heavy atom. The first-order chi connectivity index (χ1) is 8.16. The molecule has 2 nitrogen and oxygen atoms in total. The van der Waals surface area contributed by atoms with E-state index in [1.807, 2.05) is 6.08 Å². The van der Waals surface area contributed by atoms with Crippen LogP contribution >= 0.6 is 0 Å². The molecule has 0 aliphatic carbocycles. The van der Waals surface area contributed by atoms with Gasteiger partial charge in [-0.25, -0.2) is 0 Å². The minimum atomic E-state index is 0.769. The number of unbranched alkanes of at least 4 members (excludes halogenated alkanes) is 3. The quantitative estimate of drug-likeness (QED) is 0.416. The molecule has 1 N–H and O–H groups in total. The van der Waals surface area contributed by atoms with Gasteiger partial charge in [-0.1, -0.05) is 26.3 Å². The van der Waals surface area contributed by atoms with Crippen LogP contribution < -0.4 is 5.32 Å². The average Bonchev–Trinajstić information content (AvgIpc) is 2.28. The summed E-state index contributed by atoms with van der Waals surface area (Å²) in [5, 5.41) is 3.49. The molecule has 0 rings (SSSR count). The normalized spacial score (nSPS) is 11.4. The molecule has 102 valence electrons. The number of hydrogen-bond donors (Lipinski definition) is 1. The van der Waals surface area contributed by atoms with E-state index in [0.717, 1.165) is 18.9 Å². The SMILES string of the molecule is C=CCCCN(C)CCCCCNCC(C)C. The van der Waals surface area contributed by atoms with Gasteiger partial charge in [-0.15, -0.1) is 6.58 Å². The fourth-order valence-corrected chi connectivity index (χ4v) is 1.82. The molecule has 0 fully saturated rings. The van der Waals surface area contributed by atoms with E-state index in [2.05, 4.69) is 37.7 Å². The highest BCUT2D eigenvalue weighted by atomic mass is 15.1. The monoisotopic (exact) mass is 240 g/mol. The van der Waals surface area contributed by atoms with Crippen molar-refractivity contribution in [2.75, 3.05) is 33.2 Å². The van der Waals surface area contributed by atoms with E-state index in [1.54, 1.807) is 0 Å². The van der Waals surface area contributed by atoms with Crippen LogP contribution in [0.5, 0.6) is 0 Å². The number of nitrogens with one attached hydrogen (secondary N) is 1. The van der Waals surface area contributed by atoms with Crippen LogP contribution in [0.3, 0.4) is 0 Å². The largest absolute Gasteiger partial charge is 0.316 e. The summed E-state index contributed by atoms with van der Waals surface area (Å²) in [6.45, 7) is 13.0. The molecule has 0 aliphatic heterocycles. The molecule has 0 atom stereocenters. The second-order valence-corrected chi connectivity index (χ2v) is 5.39. The van der Waals surface area contributed by atoms with Gasteiger partial charge in [0.15, 0.2) is 0 Å².